The lowest BCUT2D eigenvalue weighted by atomic mass is 10.0. The number of methoxy groups -OCH3 is 1. The van der Waals surface area contributed by atoms with E-state index in [1.165, 1.54) is 5.06 Å². The molecule has 3 aromatic rings. The Morgan fingerprint density at radius 2 is 1.91 bits per heavy atom. The Morgan fingerprint density at radius 3 is 2.62 bits per heavy atom. The average Bonchev–Trinajstić information content (AvgIpc) is 3.39. The second kappa shape index (κ2) is 9.04. The summed E-state index contributed by atoms with van der Waals surface area (Å²) in [5, 5.41) is 2.53. The van der Waals surface area contributed by atoms with Gasteiger partial charge in [0.25, 0.3) is 0 Å². The molecule has 5 rings (SSSR count). The SMILES string of the molecule is COc1cc2cccnc2cc1-c1ccc(OC2CCN(C(=O)N3CCCO3)CC2)cc1. The molecule has 3 heterocycles. The van der Waals surface area contributed by atoms with Gasteiger partial charge in [-0.2, -0.15) is 0 Å². The second-order valence-electron chi connectivity index (χ2n) is 8.15. The van der Waals surface area contributed by atoms with Crippen molar-refractivity contribution in [1.82, 2.24) is 14.9 Å². The molecule has 1 aromatic heterocycles. The molecule has 32 heavy (non-hydrogen) atoms. The molecule has 166 valence electrons. The van der Waals surface area contributed by atoms with Crippen LogP contribution in [0.15, 0.2) is 54.7 Å². The topological polar surface area (TPSA) is 64.1 Å². The number of hydrogen-bond donors (Lipinski definition) is 0. The molecule has 0 unspecified atom stereocenters. The standard InChI is InChI=1S/C25H27N3O4/c1-30-24-16-19-4-2-11-26-23(19)17-22(24)18-5-7-20(8-6-18)32-21-9-13-27(14-10-21)25(29)28-12-3-15-31-28/h2,4-8,11,16-17,21H,3,9-10,12-15H2,1H3. The van der Waals surface area contributed by atoms with Gasteiger partial charge in [-0.25, -0.2) is 9.86 Å². The fourth-order valence-electron chi connectivity index (χ4n) is 4.32. The van der Waals surface area contributed by atoms with E-state index >= 15 is 0 Å². The first-order valence-electron chi connectivity index (χ1n) is 11.1. The Morgan fingerprint density at radius 1 is 1.09 bits per heavy atom. The summed E-state index contributed by atoms with van der Waals surface area (Å²) in [4.78, 5) is 24.1. The Bertz CT molecular complexity index is 1090. The molecule has 0 spiro atoms. The van der Waals surface area contributed by atoms with Crippen LogP contribution in [-0.2, 0) is 4.84 Å². The molecule has 0 N–H and O–H groups in total. The van der Waals surface area contributed by atoms with Crippen LogP contribution in [0.4, 0.5) is 4.79 Å². The number of ether oxygens (including phenoxy) is 2. The third-order valence-corrected chi connectivity index (χ3v) is 6.07. The van der Waals surface area contributed by atoms with Gasteiger partial charge in [0.05, 0.1) is 25.8 Å². The molecule has 0 bridgehead atoms. The van der Waals surface area contributed by atoms with E-state index in [-0.39, 0.29) is 12.1 Å². The van der Waals surface area contributed by atoms with E-state index in [9.17, 15) is 4.79 Å². The largest absolute Gasteiger partial charge is 0.496 e. The van der Waals surface area contributed by atoms with Gasteiger partial charge < -0.3 is 14.4 Å². The number of fused-ring (bicyclic) bond motifs is 1. The van der Waals surface area contributed by atoms with Crippen LogP contribution in [-0.4, -0.2) is 60.4 Å². The summed E-state index contributed by atoms with van der Waals surface area (Å²) in [6, 6.07) is 16.1. The predicted octanol–water partition coefficient (Wildman–Crippen LogP) is 4.51. The van der Waals surface area contributed by atoms with Crippen molar-refractivity contribution >= 4 is 16.9 Å². The number of benzene rings is 2. The lowest BCUT2D eigenvalue weighted by Crippen LogP contribution is -2.47. The summed E-state index contributed by atoms with van der Waals surface area (Å²) in [6.45, 7) is 2.67. The molecule has 2 amide bonds. The normalized spacial score (nSPS) is 17.0. The van der Waals surface area contributed by atoms with Crippen LogP contribution in [0, 0.1) is 0 Å². The average molecular weight is 434 g/mol. The number of urea groups is 1. The van der Waals surface area contributed by atoms with E-state index < -0.39 is 0 Å². The summed E-state index contributed by atoms with van der Waals surface area (Å²) in [6.07, 6.45) is 4.43. The zero-order valence-corrected chi connectivity index (χ0v) is 18.2. The molecule has 7 heteroatoms. The van der Waals surface area contributed by atoms with Crippen molar-refractivity contribution in [3.63, 3.8) is 0 Å². The molecule has 2 fully saturated rings. The van der Waals surface area contributed by atoms with Gasteiger partial charge in [0.1, 0.15) is 17.6 Å². The smallest absolute Gasteiger partial charge is 0.343 e. The van der Waals surface area contributed by atoms with E-state index in [1.807, 2.05) is 47.4 Å². The molecule has 0 saturated carbocycles. The monoisotopic (exact) mass is 433 g/mol. The first-order chi connectivity index (χ1) is 15.7. The highest BCUT2D eigenvalue weighted by molar-refractivity contribution is 5.88. The van der Waals surface area contributed by atoms with Crippen molar-refractivity contribution in [2.24, 2.45) is 0 Å². The minimum atomic E-state index is -0.0240. The molecule has 7 nitrogen and oxygen atoms in total. The number of hydrogen-bond acceptors (Lipinski definition) is 5. The number of aromatic nitrogens is 1. The minimum Gasteiger partial charge on any atom is -0.496 e. The van der Waals surface area contributed by atoms with E-state index in [1.54, 1.807) is 13.3 Å². The minimum absolute atomic E-state index is 0.0240. The van der Waals surface area contributed by atoms with Crippen LogP contribution >= 0.6 is 0 Å². The maximum Gasteiger partial charge on any atom is 0.343 e. The second-order valence-corrected chi connectivity index (χ2v) is 8.15. The summed E-state index contributed by atoms with van der Waals surface area (Å²) in [7, 11) is 1.69. The van der Waals surface area contributed by atoms with E-state index in [0.29, 0.717) is 26.2 Å². The Kier molecular flexibility index (Phi) is 5.81. The summed E-state index contributed by atoms with van der Waals surface area (Å²) in [5.41, 5.74) is 2.98. The van der Waals surface area contributed by atoms with Crippen molar-refractivity contribution in [2.45, 2.75) is 25.4 Å². The number of likely N-dealkylation sites (tertiary alicyclic amines) is 1. The first-order valence-corrected chi connectivity index (χ1v) is 11.1. The van der Waals surface area contributed by atoms with Gasteiger partial charge in [0, 0.05) is 43.1 Å². The molecular weight excluding hydrogens is 406 g/mol. The van der Waals surface area contributed by atoms with Crippen LogP contribution in [0.5, 0.6) is 11.5 Å². The van der Waals surface area contributed by atoms with Gasteiger partial charge in [-0.1, -0.05) is 18.2 Å². The van der Waals surface area contributed by atoms with Crippen molar-refractivity contribution in [3.8, 4) is 22.6 Å². The predicted molar refractivity (Wildman–Crippen MR) is 122 cm³/mol. The van der Waals surface area contributed by atoms with E-state index in [2.05, 4.69) is 11.1 Å². The molecule has 0 aliphatic carbocycles. The quantitative estimate of drug-likeness (QED) is 0.606. The number of amides is 2. The number of carbonyl (C=O) groups is 1. The van der Waals surface area contributed by atoms with Crippen molar-refractivity contribution in [2.75, 3.05) is 33.4 Å². The fourth-order valence-corrected chi connectivity index (χ4v) is 4.32. The lowest BCUT2D eigenvalue weighted by Gasteiger charge is -2.33. The van der Waals surface area contributed by atoms with Crippen LogP contribution < -0.4 is 9.47 Å². The summed E-state index contributed by atoms with van der Waals surface area (Å²) >= 11 is 0. The number of nitrogens with zero attached hydrogens (tertiary/aromatic N) is 3. The highest BCUT2D eigenvalue weighted by Crippen LogP contribution is 2.34. The van der Waals surface area contributed by atoms with Crippen molar-refractivity contribution in [1.29, 1.82) is 0 Å². The highest BCUT2D eigenvalue weighted by atomic mass is 16.7. The Balaban J connectivity index is 1.23. The first kappa shape index (κ1) is 20.6. The maximum atomic E-state index is 12.4. The maximum absolute atomic E-state index is 12.4. The Labute approximate surface area is 187 Å². The number of pyridine rings is 1. The summed E-state index contributed by atoms with van der Waals surface area (Å²) < 4.78 is 11.8. The van der Waals surface area contributed by atoms with E-state index in [0.717, 1.165) is 52.8 Å². The van der Waals surface area contributed by atoms with Crippen molar-refractivity contribution < 1.29 is 19.1 Å². The van der Waals surface area contributed by atoms with Crippen molar-refractivity contribution in [3.05, 3.63) is 54.7 Å². The van der Waals surface area contributed by atoms with Gasteiger partial charge in [0.2, 0.25) is 0 Å². The number of piperidine rings is 1. The van der Waals surface area contributed by atoms with Crippen LogP contribution in [0.25, 0.3) is 22.0 Å². The van der Waals surface area contributed by atoms with E-state index in [4.69, 9.17) is 14.3 Å². The lowest BCUT2D eigenvalue weighted by molar-refractivity contribution is -0.0797. The number of hydroxylamine groups is 2. The van der Waals surface area contributed by atoms with Gasteiger partial charge >= 0.3 is 6.03 Å². The zero-order valence-electron chi connectivity index (χ0n) is 18.2. The molecule has 2 saturated heterocycles. The van der Waals surface area contributed by atoms with Gasteiger partial charge in [-0.15, -0.1) is 0 Å². The molecule has 2 aromatic carbocycles. The summed E-state index contributed by atoms with van der Waals surface area (Å²) in [5.74, 6) is 1.65. The van der Waals surface area contributed by atoms with Gasteiger partial charge in [-0.3, -0.25) is 9.82 Å². The molecule has 2 aliphatic heterocycles. The third kappa shape index (κ3) is 4.21. The van der Waals surface area contributed by atoms with Gasteiger partial charge in [-0.05, 0) is 42.3 Å². The van der Waals surface area contributed by atoms with Gasteiger partial charge in [0.15, 0.2) is 0 Å². The number of rotatable bonds is 4. The zero-order chi connectivity index (χ0) is 21.9. The number of carbonyl (C=O) groups excluding carboxylic acids is 1. The Hall–Kier alpha value is -3.32. The highest BCUT2D eigenvalue weighted by Gasteiger charge is 2.29. The van der Waals surface area contributed by atoms with Crippen LogP contribution in [0.1, 0.15) is 19.3 Å². The van der Waals surface area contributed by atoms with Crippen LogP contribution in [0.2, 0.25) is 0 Å². The molecule has 2 aliphatic rings. The molecular formula is C25H27N3O4. The fraction of sp³-hybridized carbons (Fsp3) is 0.360. The van der Waals surface area contributed by atoms with Crippen LogP contribution in [0.3, 0.4) is 0 Å². The molecule has 0 atom stereocenters. The third-order valence-electron chi connectivity index (χ3n) is 6.07. The molecule has 0 radical (unpaired) electrons.